The Morgan fingerprint density at radius 1 is 1.00 bits per heavy atom. The number of unbranched alkanes of at least 4 members (excludes halogenated alkanes) is 2. The van der Waals surface area contributed by atoms with Crippen molar-refractivity contribution in [3.05, 3.63) is 54.1 Å². The van der Waals surface area contributed by atoms with Crippen molar-refractivity contribution in [1.29, 1.82) is 0 Å². The summed E-state index contributed by atoms with van der Waals surface area (Å²) in [6, 6.07) is 15.9. The second-order valence-corrected chi connectivity index (χ2v) is 5.16. The predicted octanol–water partition coefficient (Wildman–Crippen LogP) is 5.13. The summed E-state index contributed by atoms with van der Waals surface area (Å²) in [6.07, 6.45) is 3.73. The zero-order chi connectivity index (χ0) is 15.1. The van der Waals surface area contributed by atoms with E-state index < -0.39 is 0 Å². The molecule has 0 heterocycles. The third kappa shape index (κ3) is 3.94. The highest BCUT2D eigenvalue weighted by Gasteiger charge is 2.13. The summed E-state index contributed by atoms with van der Waals surface area (Å²) in [6.45, 7) is 2.14. The van der Waals surface area contributed by atoms with Crippen LogP contribution in [0.25, 0.3) is 11.1 Å². The number of methoxy groups -OCH3 is 1. The van der Waals surface area contributed by atoms with Gasteiger partial charge in [0.2, 0.25) is 0 Å². The molecule has 0 amide bonds. The monoisotopic (exact) mass is 282 g/mol. The molecule has 2 nitrogen and oxygen atoms in total. The van der Waals surface area contributed by atoms with Gasteiger partial charge in [-0.25, -0.2) is 0 Å². The molecular weight excluding hydrogens is 260 g/mol. The molecule has 21 heavy (non-hydrogen) atoms. The lowest BCUT2D eigenvalue weighted by Gasteiger charge is -2.10. The van der Waals surface area contributed by atoms with E-state index in [0.717, 1.165) is 30.4 Å². The zero-order valence-electron chi connectivity index (χ0n) is 12.8. The van der Waals surface area contributed by atoms with Gasteiger partial charge in [-0.2, -0.15) is 0 Å². The molecular formula is C19H22O2. The summed E-state index contributed by atoms with van der Waals surface area (Å²) in [4.78, 5) is 12.4. The van der Waals surface area contributed by atoms with Crippen LogP contribution in [0.3, 0.4) is 0 Å². The maximum absolute atomic E-state index is 12.4. The number of benzene rings is 2. The topological polar surface area (TPSA) is 26.3 Å². The van der Waals surface area contributed by atoms with E-state index >= 15 is 0 Å². The molecule has 0 N–H and O–H groups in total. The van der Waals surface area contributed by atoms with Crippen molar-refractivity contribution in [2.45, 2.75) is 32.6 Å². The molecule has 0 aliphatic carbocycles. The van der Waals surface area contributed by atoms with E-state index in [2.05, 4.69) is 6.92 Å². The summed E-state index contributed by atoms with van der Waals surface area (Å²) in [5.74, 6) is 0.828. The molecule has 2 aromatic carbocycles. The SMILES string of the molecule is CCCCCC(=O)c1cc(-c2ccccc2)ccc1OC. The van der Waals surface area contributed by atoms with Gasteiger partial charge in [-0.15, -0.1) is 0 Å². The van der Waals surface area contributed by atoms with Crippen LogP contribution in [0.5, 0.6) is 5.75 Å². The highest BCUT2D eigenvalue weighted by molar-refractivity contribution is 5.99. The third-order valence-electron chi connectivity index (χ3n) is 3.61. The smallest absolute Gasteiger partial charge is 0.166 e. The fourth-order valence-electron chi connectivity index (χ4n) is 2.41. The van der Waals surface area contributed by atoms with Gasteiger partial charge >= 0.3 is 0 Å². The Labute approximate surface area is 126 Å². The van der Waals surface area contributed by atoms with Crippen molar-refractivity contribution in [2.24, 2.45) is 0 Å². The molecule has 0 aliphatic rings. The van der Waals surface area contributed by atoms with Crippen molar-refractivity contribution in [3.63, 3.8) is 0 Å². The standard InChI is InChI=1S/C19H22O2/c1-3-4-6-11-18(20)17-14-16(12-13-19(17)21-2)15-9-7-5-8-10-15/h5,7-10,12-14H,3-4,6,11H2,1-2H3. The highest BCUT2D eigenvalue weighted by Crippen LogP contribution is 2.28. The Kier molecular flexibility index (Phi) is 5.56. The van der Waals surface area contributed by atoms with Crippen LogP contribution in [0.4, 0.5) is 0 Å². The molecule has 110 valence electrons. The largest absolute Gasteiger partial charge is 0.496 e. The van der Waals surface area contributed by atoms with Crippen molar-refractivity contribution >= 4 is 5.78 Å². The molecule has 0 aliphatic heterocycles. The highest BCUT2D eigenvalue weighted by atomic mass is 16.5. The fraction of sp³-hybridized carbons (Fsp3) is 0.316. The van der Waals surface area contributed by atoms with Crippen molar-refractivity contribution in [2.75, 3.05) is 7.11 Å². The maximum atomic E-state index is 12.4. The Hall–Kier alpha value is -2.09. The van der Waals surface area contributed by atoms with Crippen LogP contribution >= 0.6 is 0 Å². The first-order valence-electron chi connectivity index (χ1n) is 7.53. The zero-order valence-corrected chi connectivity index (χ0v) is 12.8. The lowest BCUT2D eigenvalue weighted by atomic mass is 9.98. The second kappa shape index (κ2) is 7.63. The quantitative estimate of drug-likeness (QED) is 0.520. The average Bonchev–Trinajstić information content (AvgIpc) is 2.55. The number of ketones is 1. The summed E-state index contributed by atoms with van der Waals surface area (Å²) in [5, 5.41) is 0. The molecule has 0 saturated heterocycles. The number of hydrogen-bond donors (Lipinski definition) is 0. The number of carbonyl (C=O) groups excluding carboxylic acids is 1. The van der Waals surface area contributed by atoms with Gasteiger partial charge in [0.15, 0.2) is 5.78 Å². The first-order chi connectivity index (χ1) is 10.3. The lowest BCUT2D eigenvalue weighted by Crippen LogP contribution is -2.02. The Bertz CT molecular complexity index is 588. The maximum Gasteiger partial charge on any atom is 0.166 e. The minimum Gasteiger partial charge on any atom is -0.496 e. The van der Waals surface area contributed by atoms with E-state index in [0.29, 0.717) is 17.7 Å². The van der Waals surface area contributed by atoms with Crippen molar-refractivity contribution in [1.82, 2.24) is 0 Å². The first kappa shape index (κ1) is 15.3. The van der Waals surface area contributed by atoms with Gasteiger partial charge < -0.3 is 4.74 Å². The molecule has 0 spiro atoms. The van der Waals surface area contributed by atoms with E-state index in [1.165, 1.54) is 0 Å². The van der Waals surface area contributed by atoms with E-state index in [9.17, 15) is 4.79 Å². The molecule has 2 heteroatoms. The number of carbonyl (C=O) groups is 1. The minimum atomic E-state index is 0.165. The summed E-state index contributed by atoms with van der Waals surface area (Å²) in [7, 11) is 1.61. The fourth-order valence-corrected chi connectivity index (χ4v) is 2.41. The molecule has 0 aromatic heterocycles. The van der Waals surface area contributed by atoms with Gasteiger partial charge in [0, 0.05) is 6.42 Å². The molecule has 2 aromatic rings. The first-order valence-corrected chi connectivity index (χ1v) is 7.53. The van der Waals surface area contributed by atoms with Crippen LogP contribution in [0.1, 0.15) is 43.0 Å². The van der Waals surface area contributed by atoms with Crippen LogP contribution in [0.2, 0.25) is 0 Å². The predicted molar refractivity (Wildman–Crippen MR) is 86.9 cm³/mol. The number of hydrogen-bond acceptors (Lipinski definition) is 2. The van der Waals surface area contributed by atoms with Gasteiger partial charge in [0.25, 0.3) is 0 Å². The van der Waals surface area contributed by atoms with E-state index in [-0.39, 0.29) is 5.78 Å². The van der Waals surface area contributed by atoms with Crippen molar-refractivity contribution < 1.29 is 9.53 Å². The molecule has 0 saturated carbocycles. The number of rotatable bonds is 7. The molecule has 0 atom stereocenters. The van der Waals surface area contributed by atoms with Crippen LogP contribution in [-0.4, -0.2) is 12.9 Å². The molecule has 0 bridgehead atoms. The summed E-state index contributed by atoms with van der Waals surface area (Å²) >= 11 is 0. The van der Waals surface area contributed by atoms with Gasteiger partial charge in [-0.3, -0.25) is 4.79 Å². The van der Waals surface area contributed by atoms with Crippen molar-refractivity contribution in [3.8, 4) is 16.9 Å². The molecule has 0 radical (unpaired) electrons. The van der Waals surface area contributed by atoms with E-state index in [1.54, 1.807) is 7.11 Å². The van der Waals surface area contributed by atoms with E-state index in [4.69, 9.17) is 4.74 Å². The number of Topliss-reactive ketones (excluding diaryl/α,β-unsaturated/α-hetero) is 1. The Morgan fingerprint density at radius 2 is 1.76 bits per heavy atom. The lowest BCUT2D eigenvalue weighted by molar-refractivity contribution is 0.0976. The normalized spacial score (nSPS) is 10.4. The Morgan fingerprint density at radius 3 is 2.43 bits per heavy atom. The van der Waals surface area contributed by atoms with E-state index in [1.807, 2.05) is 48.5 Å². The molecule has 2 rings (SSSR count). The number of ether oxygens (including phenoxy) is 1. The minimum absolute atomic E-state index is 0.165. The van der Waals surface area contributed by atoms with Gasteiger partial charge in [-0.1, -0.05) is 56.2 Å². The van der Waals surface area contributed by atoms with Gasteiger partial charge in [-0.05, 0) is 29.7 Å². The van der Waals surface area contributed by atoms with Gasteiger partial charge in [0.1, 0.15) is 5.75 Å². The van der Waals surface area contributed by atoms with Crippen LogP contribution in [-0.2, 0) is 0 Å². The van der Waals surface area contributed by atoms with Crippen LogP contribution in [0.15, 0.2) is 48.5 Å². The van der Waals surface area contributed by atoms with Crippen LogP contribution < -0.4 is 4.74 Å². The average molecular weight is 282 g/mol. The summed E-state index contributed by atoms with van der Waals surface area (Å²) in [5.41, 5.74) is 2.85. The Balaban J connectivity index is 2.28. The van der Waals surface area contributed by atoms with Gasteiger partial charge in [0.05, 0.1) is 12.7 Å². The molecule has 0 unspecified atom stereocenters. The third-order valence-corrected chi connectivity index (χ3v) is 3.61. The molecule has 0 fully saturated rings. The second-order valence-electron chi connectivity index (χ2n) is 5.16. The van der Waals surface area contributed by atoms with Crippen LogP contribution in [0, 0.1) is 0 Å². The summed E-state index contributed by atoms with van der Waals surface area (Å²) < 4.78 is 5.34.